The maximum atomic E-state index is 12.6. The van der Waals surface area contributed by atoms with Gasteiger partial charge in [0.15, 0.2) is 5.96 Å². The lowest BCUT2D eigenvalue weighted by molar-refractivity contribution is -0.135. The molecule has 2 aliphatic rings. The van der Waals surface area contributed by atoms with Crippen LogP contribution in [0.3, 0.4) is 0 Å². The van der Waals surface area contributed by atoms with Crippen molar-refractivity contribution < 1.29 is 4.79 Å². The number of thiophene rings is 1. The molecule has 6 nitrogen and oxygen atoms in total. The minimum absolute atomic E-state index is 0.0131. The number of carbonyl (C=O) groups is 1. The summed E-state index contributed by atoms with van der Waals surface area (Å²) in [5.74, 6) is 1.29. The van der Waals surface area contributed by atoms with Crippen molar-refractivity contribution in [3.05, 3.63) is 22.4 Å². The number of guanidine groups is 1. The highest BCUT2D eigenvalue weighted by Crippen LogP contribution is 2.14. The second kappa shape index (κ2) is 9.37. The Balaban J connectivity index is 1.53. The highest BCUT2D eigenvalue weighted by molar-refractivity contribution is 7.09. The van der Waals surface area contributed by atoms with E-state index < -0.39 is 0 Å². The molecular formula is C19H31N5OS. The summed E-state index contributed by atoms with van der Waals surface area (Å²) in [4.78, 5) is 25.4. The van der Waals surface area contributed by atoms with E-state index in [0.717, 1.165) is 71.2 Å². The average Bonchev–Trinajstić information content (AvgIpc) is 3.38. The fourth-order valence-corrected chi connectivity index (χ4v) is 4.29. The van der Waals surface area contributed by atoms with Crippen LogP contribution in [0.15, 0.2) is 22.5 Å². The molecule has 0 aromatic carbocycles. The average molecular weight is 378 g/mol. The number of carbonyl (C=O) groups excluding carboxylic acids is 1. The maximum absolute atomic E-state index is 12.6. The molecule has 3 rings (SSSR count). The fraction of sp³-hybridized carbons (Fsp3) is 0.684. The Morgan fingerprint density at radius 3 is 2.54 bits per heavy atom. The van der Waals surface area contributed by atoms with E-state index in [1.165, 1.54) is 4.88 Å². The van der Waals surface area contributed by atoms with Crippen LogP contribution in [0.5, 0.6) is 0 Å². The zero-order valence-electron chi connectivity index (χ0n) is 16.0. The number of rotatable bonds is 5. The molecule has 1 N–H and O–H groups in total. The van der Waals surface area contributed by atoms with Crippen LogP contribution in [0.4, 0.5) is 0 Å². The molecule has 0 saturated carbocycles. The van der Waals surface area contributed by atoms with Crippen LogP contribution in [0.2, 0.25) is 0 Å². The lowest BCUT2D eigenvalue weighted by Crippen LogP contribution is -2.57. The number of hydrogen-bond donors (Lipinski definition) is 1. The number of nitrogens with zero attached hydrogens (tertiary/aromatic N) is 4. The maximum Gasteiger partial charge on any atom is 0.239 e. The van der Waals surface area contributed by atoms with Crippen LogP contribution >= 0.6 is 11.3 Å². The molecule has 2 aliphatic heterocycles. The SMILES string of the molecule is CCNC(=NCc1cccs1)N1CCN(C(C)C(=O)N2CCCC2)CC1. The molecule has 0 aliphatic carbocycles. The second-order valence-corrected chi connectivity index (χ2v) is 8.01. The molecule has 1 aromatic heterocycles. The molecule has 2 saturated heterocycles. The standard InChI is InChI=1S/C19H31N5OS/c1-3-20-19(21-15-17-7-6-14-26-17)24-12-10-22(11-13-24)16(2)18(25)23-8-4-5-9-23/h6-7,14,16H,3-5,8-13,15H2,1-2H3,(H,20,21). The quantitative estimate of drug-likeness (QED) is 0.628. The van der Waals surface area contributed by atoms with Gasteiger partial charge in [0, 0.05) is 50.7 Å². The highest BCUT2D eigenvalue weighted by Gasteiger charge is 2.30. The summed E-state index contributed by atoms with van der Waals surface area (Å²) >= 11 is 1.75. The van der Waals surface area contributed by atoms with E-state index in [1.54, 1.807) is 11.3 Å². The normalized spacial score (nSPS) is 20.5. The van der Waals surface area contributed by atoms with Gasteiger partial charge in [-0.25, -0.2) is 4.99 Å². The van der Waals surface area contributed by atoms with E-state index >= 15 is 0 Å². The minimum Gasteiger partial charge on any atom is -0.357 e. The first-order chi connectivity index (χ1) is 12.7. The Kier molecular flexibility index (Phi) is 6.91. The molecule has 1 unspecified atom stereocenters. The van der Waals surface area contributed by atoms with Gasteiger partial charge in [0.05, 0.1) is 12.6 Å². The van der Waals surface area contributed by atoms with Crippen LogP contribution in [0, 0.1) is 0 Å². The highest BCUT2D eigenvalue weighted by atomic mass is 32.1. The number of nitrogens with one attached hydrogen (secondary N) is 1. The summed E-state index contributed by atoms with van der Waals surface area (Å²) in [6, 6.07) is 4.18. The van der Waals surface area contributed by atoms with E-state index in [1.807, 2.05) is 4.90 Å². The number of likely N-dealkylation sites (tertiary alicyclic amines) is 1. The van der Waals surface area contributed by atoms with Gasteiger partial charge in [0.2, 0.25) is 5.91 Å². The monoisotopic (exact) mass is 377 g/mol. The van der Waals surface area contributed by atoms with Crippen molar-refractivity contribution in [1.29, 1.82) is 0 Å². The van der Waals surface area contributed by atoms with Gasteiger partial charge in [0.1, 0.15) is 0 Å². The largest absolute Gasteiger partial charge is 0.357 e. The molecule has 1 atom stereocenters. The minimum atomic E-state index is -0.0131. The van der Waals surface area contributed by atoms with Gasteiger partial charge in [-0.15, -0.1) is 11.3 Å². The van der Waals surface area contributed by atoms with Crippen LogP contribution < -0.4 is 5.32 Å². The summed E-state index contributed by atoms with van der Waals surface area (Å²) in [6.07, 6.45) is 2.30. The Labute approximate surface area is 160 Å². The molecular weight excluding hydrogens is 346 g/mol. The molecule has 0 spiro atoms. The van der Waals surface area contributed by atoms with E-state index in [-0.39, 0.29) is 6.04 Å². The summed E-state index contributed by atoms with van der Waals surface area (Å²) in [6.45, 7) is 11.3. The van der Waals surface area contributed by atoms with Crippen LogP contribution in [0.1, 0.15) is 31.6 Å². The zero-order valence-corrected chi connectivity index (χ0v) is 16.8. The first kappa shape index (κ1) is 19.2. The van der Waals surface area contributed by atoms with E-state index in [2.05, 4.69) is 46.5 Å². The Hall–Kier alpha value is -1.60. The van der Waals surface area contributed by atoms with Crippen molar-refractivity contribution in [3.63, 3.8) is 0 Å². The molecule has 1 aromatic rings. The summed E-state index contributed by atoms with van der Waals surface area (Å²) in [7, 11) is 0. The third-order valence-electron chi connectivity index (χ3n) is 5.24. The van der Waals surface area contributed by atoms with Gasteiger partial charge in [-0.1, -0.05) is 6.07 Å². The molecule has 1 amide bonds. The topological polar surface area (TPSA) is 51.2 Å². The van der Waals surface area contributed by atoms with Crippen molar-refractivity contribution >= 4 is 23.2 Å². The molecule has 7 heteroatoms. The van der Waals surface area contributed by atoms with Crippen molar-refractivity contribution in [2.24, 2.45) is 4.99 Å². The van der Waals surface area contributed by atoms with Gasteiger partial charge in [-0.3, -0.25) is 9.69 Å². The van der Waals surface area contributed by atoms with E-state index in [4.69, 9.17) is 4.99 Å². The number of amides is 1. The second-order valence-electron chi connectivity index (χ2n) is 6.98. The molecule has 2 fully saturated rings. The third-order valence-corrected chi connectivity index (χ3v) is 6.10. The summed E-state index contributed by atoms with van der Waals surface area (Å²) < 4.78 is 0. The molecule has 3 heterocycles. The Morgan fingerprint density at radius 1 is 1.19 bits per heavy atom. The first-order valence-corrected chi connectivity index (χ1v) is 10.7. The summed E-state index contributed by atoms with van der Waals surface area (Å²) in [5.41, 5.74) is 0. The Bertz CT molecular complexity index is 589. The smallest absolute Gasteiger partial charge is 0.239 e. The molecule has 0 radical (unpaired) electrons. The lowest BCUT2D eigenvalue weighted by Gasteiger charge is -2.39. The van der Waals surface area contributed by atoms with Gasteiger partial charge in [0.25, 0.3) is 0 Å². The van der Waals surface area contributed by atoms with Crippen LogP contribution in [-0.2, 0) is 11.3 Å². The van der Waals surface area contributed by atoms with Crippen LogP contribution in [0.25, 0.3) is 0 Å². The Morgan fingerprint density at radius 2 is 1.92 bits per heavy atom. The van der Waals surface area contributed by atoms with Crippen molar-refractivity contribution in [3.8, 4) is 0 Å². The number of hydrogen-bond acceptors (Lipinski definition) is 4. The molecule has 144 valence electrons. The number of piperazine rings is 1. The first-order valence-electron chi connectivity index (χ1n) is 9.77. The predicted molar refractivity (Wildman–Crippen MR) is 108 cm³/mol. The van der Waals surface area contributed by atoms with Crippen molar-refractivity contribution in [2.45, 2.75) is 39.3 Å². The zero-order chi connectivity index (χ0) is 18.4. The van der Waals surface area contributed by atoms with E-state index in [9.17, 15) is 4.79 Å². The summed E-state index contributed by atoms with van der Waals surface area (Å²) in [5, 5.41) is 5.51. The third kappa shape index (κ3) is 4.76. The number of aliphatic imine (C=N–C) groups is 1. The molecule has 0 bridgehead atoms. The van der Waals surface area contributed by atoms with Crippen molar-refractivity contribution in [2.75, 3.05) is 45.8 Å². The van der Waals surface area contributed by atoms with Gasteiger partial charge in [-0.05, 0) is 38.1 Å². The van der Waals surface area contributed by atoms with E-state index in [0.29, 0.717) is 5.91 Å². The van der Waals surface area contributed by atoms with Crippen molar-refractivity contribution in [1.82, 2.24) is 20.0 Å². The van der Waals surface area contributed by atoms with Gasteiger partial charge < -0.3 is 15.1 Å². The molecule has 26 heavy (non-hydrogen) atoms. The van der Waals surface area contributed by atoms with Crippen LogP contribution in [-0.4, -0.2) is 78.4 Å². The predicted octanol–water partition coefficient (Wildman–Crippen LogP) is 1.84. The van der Waals surface area contributed by atoms with Gasteiger partial charge in [-0.2, -0.15) is 0 Å². The lowest BCUT2D eigenvalue weighted by atomic mass is 10.2. The fourth-order valence-electron chi connectivity index (χ4n) is 3.66. The van der Waals surface area contributed by atoms with Gasteiger partial charge >= 0.3 is 0 Å².